The smallest absolute Gasteiger partial charge is 0.254 e. The number of carbonyl (C=O) groups excluding carboxylic acids is 1. The van der Waals surface area contributed by atoms with Crippen LogP contribution in [-0.2, 0) is 4.79 Å². The Kier molecular flexibility index (Phi) is 2.45. The minimum atomic E-state index is -0.325. The molecule has 1 saturated heterocycles. The van der Waals surface area contributed by atoms with Crippen LogP contribution >= 0.6 is 11.6 Å². The lowest BCUT2D eigenvalue weighted by atomic mass is 9.85. The van der Waals surface area contributed by atoms with Crippen LogP contribution < -0.4 is 0 Å². The van der Waals surface area contributed by atoms with E-state index in [9.17, 15) is 10.0 Å². The highest BCUT2D eigenvalue weighted by Crippen LogP contribution is 2.44. The van der Waals surface area contributed by atoms with E-state index in [0.29, 0.717) is 5.02 Å². The summed E-state index contributed by atoms with van der Waals surface area (Å²) in [4.78, 5) is 12.1. The lowest BCUT2D eigenvalue weighted by molar-refractivity contribution is -0.163. The molecule has 0 radical (unpaired) electrons. The van der Waals surface area contributed by atoms with Crippen LogP contribution in [0.25, 0.3) is 0 Å². The molecule has 1 aliphatic heterocycles. The fraction of sp³-hybridized carbons (Fsp3) is 0.308. The highest BCUT2D eigenvalue weighted by Gasteiger charge is 2.49. The topological polar surface area (TPSA) is 40.5 Å². The van der Waals surface area contributed by atoms with Gasteiger partial charge in [0.1, 0.15) is 0 Å². The van der Waals surface area contributed by atoms with Crippen LogP contribution in [0.4, 0.5) is 0 Å². The van der Waals surface area contributed by atoms with E-state index >= 15 is 0 Å². The predicted molar refractivity (Wildman–Crippen MR) is 63.9 cm³/mol. The average Bonchev–Trinajstić information content (AvgIpc) is 2.86. The van der Waals surface area contributed by atoms with Crippen molar-refractivity contribution in [2.24, 2.45) is 5.92 Å². The van der Waals surface area contributed by atoms with E-state index in [4.69, 9.17) is 11.6 Å². The summed E-state index contributed by atoms with van der Waals surface area (Å²) in [7, 11) is 0. The summed E-state index contributed by atoms with van der Waals surface area (Å²) in [6, 6.07) is 7.16. The number of carbonyl (C=O) groups is 1. The molecule has 1 N–H and O–H groups in total. The highest BCUT2D eigenvalue weighted by atomic mass is 35.5. The van der Waals surface area contributed by atoms with E-state index in [1.165, 1.54) is 0 Å². The SMILES string of the molecule is O=C1[C@@H](c2ccccc2Cl)[C@@H]2CC=C[C@@H]2N1O. The second-order valence-corrected chi connectivity index (χ2v) is 4.91. The number of amides is 1. The molecule has 1 fully saturated rings. The zero-order valence-corrected chi connectivity index (χ0v) is 9.84. The summed E-state index contributed by atoms with van der Waals surface area (Å²) in [6.45, 7) is 0. The Morgan fingerprint density at radius 1 is 1.35 bits per heavy atom. The van der Waals surface area contributed by atoms with E-state index in [1.807, 2.05) is 30.4 Å². The molecule has 3 atom stereocenters. The second kappa shape index (κ2) is 3.86. The third-order valence-electron chi connectivity index (χ3n) is 3.62. The first-order valence-corrected chi connectivity index (χ1v) is 6.01. The van der Waals surface area contributed by atoms with Gasteiger partial charge in [0.25, 0.3) is 5.91 Å². The van der Waals surface area contributed by atoms with Crippen LogP contribution in [0.5, 0.6) is 0 Å². The van der Waals surface area contributed by atoms with E-state index < -0.39 is 0 Å². The Morgan fingerprint density at radius 2 is 2.12 bits per heavy atom. The lowest BCUT2D eigenvalue weighted by Crippen LogP contribution is -2.29. The van der Waals surface area contributed by atoms with E-state index in [-0.39, 0.29) is 23.8 Å². The number of benzene rings is 1. The Balaban J connectivity index is 2.04. The van der Waals surface area contributed by atoms with E-state index in [2.05, 4.69) is 0 Å². The molecule has 1 heterocycles. The minimum absolute atomic E-state index is 0.104. The van der Waals surface area contributed by atoms with Crippen molar-refractivity contribution in [1.82, 2.24) is 5.06 Å². The number of hydrogen-bond donors (Lipinski definition) is 1. The molecule has 0 unspecified atom stereocenters. The summed E-state index contributed by atoms with van der Waals surface area (Å²) in [5, 5.41) is 11.2. The van der Waals surface area contributed by atoms with Gasteiger partial charge in [-0.25, -0.2) is 5.06 Å². The first kappa shape index (κ1) is 10.8. The largest absolute Gasteiger partial charge is 0.285 e. The maximum atomic E-state index is 12.1. The summed E-state index contributed by atoms with van der Waals surface area (Å²) in [5.74, 6) is -0.474. The maximum absolute atomic E-state index is 12.1. The molecular weight excluding hydrogens is 238 g/mol. The Bertz CT molecular complexity index is 500. The molecule has 1 aromatic carbocycles. The lowest BCUT2D eigenvalue weighted by Gasteiger charge is -2.16. The molecule has 2 aliphatic rings. The van der Waals surface area contributed by atoms with Gasteiger partial charge in [-0.3, -0.25) is 10.0 Å². The molecule has 4 heteroatoms. The molecule has 1 amide bonds. The van der Waals surface area contributed by atoms with Crippen molar-refractivity contribution in [3.63, 3.8) is 0 Å². The maximum Gasteiger partial charge on any atom is 0.254 e. The van der Waals surface area contributed by atoms with Gasteiger partial charge in [-0.05, 0) is 18.1 Å². The van der Waals surface area contributed by atoms with Crippen LogP contribution in [-0.4, -0.2) is 22.2 Å². The Hall–Kier alpha value is -1.32. The third-order valence-corrected chi connectivity index (χ3v) is 3.97. The van der Waals surface area contributed by atoms with Gasteiger partial charge in [-0.1, -0.05) is 42.0 Å². The van der Waals surface area contributed by atoms with Crippen molar-refractivity contribution in [3.8, 4) is 0 Å². The number of hydrogen-bond acceptors (Lipinski definition) is 2. The molecule has 17 heavy (non-hydrogen) atoms. The normalized spacial score (nSPS) is 31.1. The van der Waals surface area contributed by atoms with Gasteiger partial charge in [0.2, 0.25) is 0 Å². The summed E-state index contributed by atoms with van der Waals surface area (Å²) >= 11 is 6.13. The van der Waals surface area contributed by atoms with Crippen molar-refractivity contribution >= 4 is 17.5 Å². The zero-order chi connectivity index (χ0) is 12.0. The van der Waals surface area contributed by atoms with Gasteiger partial charge in [-0.2, -0.15) is 0 Å². The van der Waals surface area contributed by atoms with Crippen LogP contribution in [0.2, 0.25) is 5.02 Å². The van der Waals surface area contributed by atoms with E-state index in [0.717, 1.165) is 17.0 Å². The zero-order valence-electron chi connectivity index (χ0n) is 9.08. The van der Waals surface area contributed by atoms with Gasteiger partial charge < -0.3 is 0 Å². The number of halogens is 1. The van der Waals surface area contributed by atoms with Gasteiger partial charge in [-0.15, -0.1) is 0 Å². The average molecular weight is 250 g/mol. The monoisotopic (exact) mass is 249 g/mol. The molecule has 3 nitrogen and oxygen atoms in total. The fourth-order valence-electron chi connectivity index (χ4n) is 2.82. The van der Waals surface area contributed by atoms with Gasteiger partial charge in [0, 0.05) is 10.9 Å². The molecule has 0 aromatic heterocycles. The molecule has 88 valence electrons. The standard InChI is InChI=1S/C13H12ClNO2/c14-10-6-2-1-4-8(10)12-9-5-3-7-11(9)15(17)13(12)16/h1-4,6-7,9,11-12,17H,5H2/t9-,11+,12+/m1/s1. The molecule has 0 bridgehead atoms. The first-order chi connectivity index (χ1) is 8.20. The minimum Gasteiger partial charge on any atom is -0.285 e. The fourth-order valence-corrected chi connectivity index (χ4v) is 3.07. The number of allylic oxidation sites excluding steroid dienone is 1. The van der Waals surface area contributed by atoms with E-state index in [1.54, 1.807) is 6.07 Å². The summed E-state index contributed by atoms with van der Waals surface area (Å²) in [6.07, 6.45) is 4.71. The molecular formula is C13H12ClNO2. The first-order valence-electron chi connectivity index (χ1n) is 5.63. The molecule has 1 aromatic rings. The second-order valence-electron chi connectivity index (χ2n) is 4.50. The summed E-state index contributed by atoms with van der Waals surface area (Å²) in [5.41, 5.74) is 0.814. The van der Waals surface area contributed by atoms with Crippen LogP contribution in [0, 0.1) is 5.92 Å². The number of fused-ring (bicyclic) bond motifs is 1. The van der Waals surface area contributed by atoms with Gasteiger partial charge in [0.05, 0.1) is 12.0 Å². The molecule has 3 rings (SSSR count). The van der Waals surface area contributed by atoms with Gasteiger partial charge >= 0.3 is 0 Å². The quantitative estimate of drug-likeness (QED) is 0.614. The van der Waals surface area contributed by atoms with Gasteiger partial charge in [0.15, 0.2) is 0 Å². The number of rotatable bonds is 1. The summed E-state index contributed by atoms with van der Waals surface area (Å²) < 4.78 is 0. The van der Waals surface area contributed by atoms with Crippen LogP contribution in [0.1, 0.15) is 17.9 Å². The van der Waals surface area contributed by atoms with Crippen molar-refractivity contribution < 1.29 is 10.0 Å². The number of hydroxylamine groups is 2. The number of nitrogens with zero attached hydrogens (tertiary/aromatic N) is 1. The predicted octanol–water partition coefficient (Wildman–Crippen LogP) is 2.60. The highest BCUT2D eigenvalue weighted by molar-refractivity contribution is 6.31. The van der Waals surface area contributed by atoms with Crippen LogP contribution in [0.3, 0.4) is 0 Å². The molecule has 0 saturated carbocycles. The van der Waals surface area contributed by atoms with Crippen molar-refractivity contribution in [1.29, 1.82) is 0 Å². The molecule has 1 aliphatic carbocycles. The van der Waals surface area contributed by atoms with Crippen molar-refractivity contribution in [2.75, 3.05) is 0 Å². The Morgan fingerprint density at radius 3 is 2.88 bits per heavy atom. The van der Waals surface area contributed by atoms with Crippen molar-refractivity contribution in [3.05, 3.63) is 47.0 Å². The third kappa shape index (κ3) is 1.50. The molecule has 0 spiro atoms. The van der Waals surface area contributed by atoms with Crippen LogP contribution in [0.15, 0.2) is 36.4 Å². The van der Waals surface area contributed by atoms with Crippen molar-refractivity contribution in [2.45, 2.75) is 18.4 Å². The Labute approximate surface area is 104 Å².